The lowest BCUT2D eigenvalue weighted by atomic mass is 9.85. The lowest BCUT2D eigenvalue weighted by molar-refractivity contribution is -0.284. The molecule has 98 valence electrons. The van der Waals surface area contributed by atoms with Crippen molar-refractivity contribution in [1.29, 1.82) is 0 Å². The van der Waals surface area contributed by atoms with Crippen LogP contribution in [-0.4, -0.2) is 47.4 Å². The first kappa shape index (κ1) is 13.2. The van der Waals surface area contributed by atoms with Crippen LogP contribution in [0, 0.1) is 0 Å². The zero-order chi connectivity index (χ0) is 12.7. The van der Waals surface area contributed by atoms with Gasteiger partial charge in [-0.1, -0.05) is 0 Å². The van der Waals surface area contributed by atoms with Crippen LogP contribution in [0.4, 0.5) is 0 Å². The van der Waals surface area contributed by atoms with Gasteiger partial charge >= 0.3 is 7.60 Å². The fourth-order valence-corrected chi connectivity index (χ4v) is 2.89. The van der Waals surface area contributed by atoms with Gasteiger partial charge < -0.3 is 24.0 Å². The molecule has 6 nitrogen and oxygen atoms in total. The van der Waals surface area contributed by atoms with Gasteiger partial charge in [0.15, 0.2) is 0 Å². The summed E-state index contributed by atoms with van der Waals surface area (Å²) in [6.07, 6.45) is 1.60. The molecule has 3 rings (SSSR count). The summed E-state index contributed by atoms with van der Waals surface area (Å²) in [7, 11) is -2.58. The van der Waals surface area contributed by atoms with E-state index < -0.39 is 13.2 Å². The largest absolute Gasteiger partial charge is 0.379 e. The molecule has 0 aromatic rings. The molecule has 3 aliphatic rings. The van der Waals surface area contributed by atoms with Crippen molar-refractivity contribution in [3.8, 4) is 0 Å². The van der Waals surface area contributed by atoms with E-state index in [4.69, 9.17) is 24.0 Å². The lowest BCUT2D eigenvalue weighted by Crippen LogP contribution is -2.62. The molecule has 0 aromatic heterocycles. The molecule has 3 aliphatic heterocycles. The van der Waals surface area contributed by atoms with Crippen molar-refractivity contribution in [3.05, 3.63) is 11.9 Å². The van der Waals surface area contributed by atoms with E-state index in [0.717, 1.165) is 5.82 Å². The zero-order valence-electron chi connectivity index (χ0n) is 9.78. The molecule has 0 amide bonds. The molecule has 4 atom stereocenters. The van der Waals surface area contributed by atoms with Crippen molar-refractivity contribution in [1.82, 2.24) is 0 Å². The van der Waals surface area contributed by atoms with Gasteiger partial charge in [0.2, 0.25) is 0 Å². The van der Waals surface area contributed by atoms with Crippen LogP contribution in [0.5, 0.6) is 0 Å². The second-order valence-electron chi connectivity index (χ2n) is 4.55. The van der Waals surface area contributed by atoms with E-state index in [2.05, 4.69) is 0 Å². The van der Waals surface area contributed by atoms with Gasteiger partial charge in [-0.15, -0.1) is 0 Å². The Morgan fingerprint density at radius 1 is 1.53 bits per heavy atom. The van der Waals surface area contributed by atoms with E-state index in [1.807, 2.05) is 6.92 Å². The summed E-state index contributed by atoms with van der Waals surface area (Å²) in [4.78, 5) is 17.7. The van der Waals surface area contributed by atoms with E-state index in [1.54, 1.807) is 7.11 Å². The van der Waals surface area contributed by atoms with Gasteiger partial charge in [0, 0.05) is 19.3 Å². The number of rotatable bonds is 3. The average molecular weight is 264 g/mol. The third kappa shape index (κ3) is 2.78. The van der Waals surface area contributed by atoms with E-state index in [-0.39, 0.29) is 18.3 Å². The topological polar surface area (TPSA) is 85.2 Å². The predicted molar refractivity (Wildman–Crippen MR) is 59.6 cm³/mol. The third-order valence-corrected chi connectivity index (χ3v) is 3.73. The minimum Gasteiger partial charge on any atom is -0.379 e. The molecule has 3 saturated heterocycles. The highest BCUT2D eigenvalue weighted by molar-refractivity contribution is 7.55. The minimum atomic E-state index is -4.18. The molecule has 0 radical (unpaired) electrons. The Labute approximate surface area is 99.7 Å². The van der Waals surface area contributed by atoms with Crippen molar-refractivity contribution in [3.63, 3.8) is 0 Å². The minimum absolute atomic E-state index is 0.103. The molecular weight excluding hydrogens is 247 g/mol. The Balaban J connectivity index is 2.19. The molecule has 0 spiro atoms. The van der Waals surface area contributed by atoms with E-state index in [0.29, 0.717) is 13.0 Å². The Morgan fingerprint density at radius 3 is 2.76 bits per heavy atom. The second-order valence-corrected chi connectivity index (χ2v) is 6.02. The molecule has 0 aromatic carbocycles. The summed E-state index contributed by atoms with van der Waals surface area (Å²) in [5.41, 5.74) is -0.782. The van der Waals surface area contributed by atoms with Crippen molar-refractivity contribution in [2.24, 2.45) is 0 Å². The Hall–Kier alpha value is -0.230. The number of ether oxygens (including phenoxy) is 3. The summed E-state index contributed by atoms with van der Waals surface area (Å²) in [5, 5.41) is 0. The molecule has 2 N–H and O–H groups in total. The molecular formula is C10H17O6P. The zero-order valence-corrected chi connectivity index (χ0v) is 10.7. The summed E-state index contributed by atoms with van der Waals surface area (Å²) in [6, 6.07) is 0. The SMILES string of the molecule is CO[C@@H]1C[C@]2(/C=C/P(=O)(O)O)CO[C@H]1C(C)O2. The van der Waals surface area contributed by atoms with Crippen molar-refractivity contribution in [2.75, 3.05) is 13.7 Å². The fraction of sp³-hybridized carbons (Fsp3) is 0.800. The van der Waals surface area contributed by atoms with Gasteiger partial charge in [-0.25, -0.2) is 0 Å². The maximum Gasteiger partial charge on any atom is 0.348 e. The van der Waals surface area contributed by atoms with Crippen LogP contribution < -0.4 is 0 Å². The molecule has 17 heavy (non-hydrogen) atoms. The molecule has 3 heterocycles. The van der Waals surface area contributed by atoms with Gasteiger partial charge in [0.25, 0.3) is 0 Å². The van der Waals surface area contributed by atoms with Crippen molar-refractivity contribution >= 4 is 7.60 Å². The highest BCUT2D eigenvalue weighted by Crippen LogP contribution is 2.43. The molecule has 0 saturated carbocycles. The third-order valence-electron chi connectivity index (χ3n) is 3.19. The van der Waals surface area contributed by atoms with Gasteiger partial charge in [-0.2, -0.15) is 0 Å². The van der Waals surface area contributed by atoms with Gasteiger partial charge in [0.1, 0.15) is 11.7 Å². The highest BCUT2D eigenvalue weighted by atomic mass is 31.2. The monoisotopic (exact) mass is 264 g/mol. The Morgan fingerprint density at radius 2 is 2.24 bits per heavy atom. The van der Waals surface area contributed by atoms with Crippen molar-refractivity contribution < 1.29 is 28.6 Å². The number of hydrogen-bond acceptors (Lipinski definition) is 4. The number of methoxy groups -OCH3 is 1. The molecule has 7 heteroatoms. The van der Waals surface area contributed by atoms with E-state index in [1.165, 1.54) is 6.08 Å². The standard InChI is InChI=1S/C10H17O6P/c1-7-9-8(14-2)5-10(16-7,6-15-9)3-4-17(11,12)13/h3-4,7-9H,5-6H2,1-2H3,(H2,11,12,13)/b4-3+/t7?,8-,9+,10-/m1/s1. The van der Waals surface area contributed by atoms with Crippen LogP contribution >= 0.6 is 7.60 Å². The van der Waals surface area contributed by atoms with Crippen LogP contribution in [0.15, 0.2) is 11.9 Å². The fourth-order valence-electron chi connectivity index (χ4n) is 2.42. The molecule has 3 fully saturated rings. The normalized spacial score (nSPS) is 42.2. The first-order valence-electron chi connectivity index (χ1n) is 5.43. The summed E-state index contributed by atoms with van der Waals surface area (Å²) in [6.45, 7) is 2.17. The quantitative estimate of drug-likeness (QED) is 0.727. The summed E-state index contributed by atoms with van der Waals surface area (Å²) < 4.78 is 27.5. The van der Waals surface area contributed by atoms with Crippen LogP contribution in [0.1, 0.15) is 13.3 Å². The van der Waals surface area contributed by atoms with Gasteiger partial charge in [0.05, 0.1) is 18.8 Å². The Kier molecular flexibility index (Phi) is 3.47. The smallest absolute Gasteiger partial charge is 0.348 e. The maximum absolute atomic E-state index is 10.9. The van der Waals surface area contributed by atoms with Crippen LogP contribution in [-0.2, 0) is 18.8 Å². The lowest BCUT2D eigenvalue weighted by Gasteiger charge is -2.51. The van der Waals surface area contributed by atoms with Crippen molar-refractivity contribution in [2.45, 2.75) is 37.3 Å². The number of hydrogen-bond donors (Lipinski definition) is 2. The molecule has 2 bridgehead atoms. The average Bonchev–Trinajstić information content (AvgIpc) is 2.26. The van der Waals surface area contributed by atoms with Crippen LogP contribution in [0.2, 0.25) is 0 Å². The maximum atomic E-state index is 10.9. The molecule has 0 aliphatic carbocycles. The highest BCUT2D eigenvalue weighted by Gasteiger charge is 2.50. The Bertz CT molecular complexity index is 364. The second kappa shape index (κ2) is 4.46. The van der Waals surface area contributed by atoms with Gasteiger partial charge in [-0.3, -0.25) is 4.57 Å². The number of fused-ring (bicyclic) bond motifs is 3. The van der Waals surface area contributed by atoms with E-state index >= 15 is 0 Å². The first-order chi connectivity index (χ1) is 7.85. The van der Waals surface area contributed by atoms with Gasteiger partial charge in [-0.05, 0) is 13.0 Å². The predicted octanol–water partition coefficient (Wildman–Crippen LogP) is 0.639. The van der Waals surface area contributed by atoms with Crippen LogP contribution in [0.3, 0.4) is 0 Å². The van der Waals surface area contributed by atoms with E-state index in [9.17, 15) is 4.57 Å². The summed E-state index contributed by atoms with van der Waals surface area (Å²) in [5.74, 6) is 0.876. The molecule has 1 unspecified atom stereocenters. The van der Waals surface area contributed by atoms with Crippen LogP contribution in [0.25, 0.3) is 0 Å². The first-order valence-corrected chi connectivity index (χ1v) is 7.11. The summed E-state index contributed by atoms with van der Waals surface area (Å²) >= 11 is 0.